The molecule has 3 heterocycles. The summed E-state index contributed by atoms with van der Waals surface area (Å²) in [6, 6.07) is 9.11. The molecule has 25 heavy (non-hydrogen) atoms. The molecule has 5 nitrogen and oxygen atoms in total. The molecule has 0 N–H and O–H groups in total. The van der Waals surface area contributed by atoms with Crippen LogP contribution in [-0.4, -0.2) is 78.6 Å². The highest BCUT2D eigenvalue weighted by atomic mass is 16.5. The standard InChI is InChI=1S/C20H29N3O2/c1-15-4-3-5-16(12-15)14-23-7-6-18-17(23)13-19(25-18)20(24)22-10-8-21(2)9-11-22/h3-5,12,17-19H,6-11,13-14H2,1-2H3/t17-,18-,19+/m1/s1. The second-order valence-corrected chi connectivity index (χ2v) is 7.84. The molecule has 0 radical (unpaired) electrons. The number of carbonyl (C=O) groups is 1. The predicted molar refractivity (Wildman–Crippen MR) is 97.3 cm³/mol. The van der Waals surface area contributed by atoms with Crippen molar-refractivity contribution in [3.63, 3.8) is 0 Å². The number of aryl methyl sites for hydroxylation is 1. The minimum Gasteiger partial charge on any atom is -0.363 e. The molecule has 4 rings (SSSR count). The van der Waals surface area contributed by atoms with Crippen molar-refractivity contribution < 1.29 is 9.53 Å². The van der Waals surface area contributed by atoms with Gasteiger partial charge in [0.1, 0.15) is 6.10 Å². The van der Waals surface area contributed by atoms with Crippen LogP contribution in [0.1, 0.15) is 24.0 Å². The number of rotatable bonds is 3. The van der Waals surface area contributed by atoms with Crippen LogP contribution >= 0.6 is 0 Å². The maximum Gasteiger partial charge on any atom is 0.251 e. The van der Waals surface area contributed by atoms with E-state index < -0.39 is 0 Å². The summed E-state index contributed by atoms with van der Waals surface area (Å²) in [7, 11) is 2.11. The number of fused-ring (bicyclic) bond motifs is 1. The molecule has 0 spiro atoms. The Morgan fingerprint density at radius 2 is 2.00 bits per heavy atom. The lowest BCUT2D eigenvalue weighted by atomic mass is 10.1. The molecule has 3 saturated heterocycles. The largest absolute Gasteiger partial charge is 0.363 e. The van der Waals surface area contributed by atoms with E-state index in [0.717, 1.165) is 52.1 Å². The Balaban J connectivity index is 1.37. The fraction of sp³-hybridized carbons (Fsp3) is 0.650. The van der Waals surface area contributed by atoms with Crippen LogP contribution in [0.25, 0.3) is 0 Å². The van der Waals surface area contributed by atoms with Gasteiger partial charge >= 0.3 is 0 Å². The van der Waals surface area contributed by atoms with E-state index in [1.165, 1.54) is 11.1 Å². The fourth-order valence-electron chi connectivity index (χ4n) is 4.46. The lowest BCUT2D eigenvalue weighted by molar-refractivity contribution is -0.144. The van der Waals surface area contributed by atoms with E-state index in [0.29, 0.717) is 6.04 Å². The Morgan fingerprint density at radius 3 is 2.76 bits per heavy atom. The van der Waals surface area contributed by atoms with Gasteiger partial charge in [-0.3, -0.25) is 9.69 Å². The number of hydrogen-bond donors (Lipinski definition) is 0. The lowest BCUT2D eigenvalue weighted by Gasteiger charge is -2.34. The van der Waals surface area contributed by atoms with Crippen LogP contribution < -0.4 is 0 Å². The van der Waals surface area contributed by atoms with E-state index in [9.17, 15) is 4.79 Å². The van der Waals surface area contributed by atoms with Crippen molar-refractivity contribution in [1.29, 1.82) is 0 Å². The quantitative estimate of drug-likeness (QED) is 0.833. The Labute approximate surface area is 150 Å². The van der Waals surface area contributed by atoms with E-state index >= 15 is 0 Å². The summed E-state index contributed by atoms with van der Waals surface area (Å²) < 4.78 is 6.17. The van der Waals surface area contributed by atoms with Crippen LogP contribution in [0.4, 0.5) is 0 Å². The Morgan fingerprint density at radius 1 is 1.20 bits per heavy atom. The van der Waals surface area contributed by atoms with Crippen molar-refractivity contribution in [3.05, 3.63) is 35.4 Å². The third-order valence-corrected chi connectivity index (χ3v) is 5.95. The van der Waals surface area contributed by atoms with Crippen LogP contribution in [-0.2, 0) is 16.1 Å². The smallest absolute Gasteiger partial charge is 0.251 e. The molecule has 1 aromatic rings. The normalized spacial score (nSPS) is 30.6. The molecule has 3 aliphatic rings. The minimum absolute atomic E-state index is 0.206. The Bertz CT molecular complexity index is 627. The molecule has 3 atom stereocenters. The summed E-state index contributed by atoms with van der Waals surface area (Å²) >= 11 is 0. The van der Waals surface area contributed by atoms with Crippen LogP contribution in [0.5, 0.6) is 0 Å². The number of piperazine rings is 1. The Hall–Kier alpha value is -1.43. The first-order valence-corrected chi connectivity index (χ1v) is 9.52. The van der Waals surface area contributed by atoms with Gasteiger partial charge in [0.25, 0.3) is 5.91 Å². The second-order valence-electron chi connectivity index (χ2n) is 7.84. The lowest BCUT2D eigenvalue weighted by Crippen LogP contribution is -2.50. The maximum atomic E-state index is 12.8. The topological polar surface area (TPSA) is 36.0 Å². The molecule has 3 aliphatic heterocycles. The number of carbonyl (C=O) groups excluding carboxylic acids is 1. The third-order valence-electron chi connectivity index (χ3n) is 5.95. The molecule has 1 aromatic carbocycles. The highest BCUT2D eigenvalue weighted by Crippen LogP contribution is 2.34. The zero-order valence-electron chi connectivity index (χ0n) is 15.4. The van der Waals surface area contributed by atoms with Gasteiger partial charge in [-0.05, 0) is 26.0 Å². The van der Waals surface area contributed by atoms with Crippen molar-refractivity contribution in [3.8, 4) is 0 Å². The molecule has 1 amide bonds. The second kappa shape index (κ2) is 7.06. The van der Waals surface area contributed by atoms with Crippen molar-refractivity contribution in [2.24, 2.45) is 0 Å². The summed E-state index contributed by atoms with van der Waals surface area (Å²) in [6.07, 6.45) is 1.88. The fourth-order valence-corrected chi connectivity index (χ4v) is 4.46. The molecule has 0 saturated carbocycles. The number of benzene rings is 1. The van der Waals surface area contributed by atoms with Crippen LogP contribution in [0, 0.1) is 6.92 Å². The Kier molecular flexibility index (Phi) is 4.80. The van der Waals surface area contributed by atoms with Gasteiger partial charge in [-0.1, -0.05) is 29.8 Å². The van der Waals surface area contributed by atoms with Crippen LogP contribution in [0.2, 0.25) is 0 Å². The molecule has 5 heteroatoms. The van der Waals surface area contributed by atoms with E-state index in [2.05, 4.69) is 48.0 Å². The molecule has 0 unspecified atom stereocenters. The van der Waals surface area contributed by atoms with Crippen molar-refractivity contribution in [1.82, 2.24) is 14.7 Å². The first-order chi connectivity index (χ1) is 12.1. The number of amides is 1. The average molecular weight is 343 g/mol. The molecule has 0 bridgehead atoms. The molecule has 0 aromatic heterocycles. The van der Waals surface area contributed by atoms with E-state index in [1.807, 2.05) is 4.90 Å². The van der Waals surface area contributed by atoms with Crippen molar-refractivity contribution in [2.45, 2.75) is 44.6 Å². The SMILES string of the molecule is Cc1cccc(CN2CC[C@H]3O[C@H](C(=O)N4CCN(C)CC4)C[C@H]32)c1. The summed E-state index contributed by atoms with van der Waals surface area (Å²) in [5.74, 6) is 0.206. The third kappa shape index (κ3) is 3.59. The van der Waals surface area contributed by atoms with E-state index in [-0.39, 0.29) is 18.1 Å². The maximum absolute atomic E-state index is 12.8. The number of likely N-dealkylation sites (N-methyl/N-ethyl adjacent to an activating group) is 1. The highest BCUT2D eigenvalue weighted by Gasteiger charge is 2.46. The first kappa shape index (κ1) is 17.0. The molecule has 0 aliphatic carbocycles. The molecular formula is C20H29N3O2. The predicted octanol–water partition coefficient (Wildman–Crippen LogP) is 1.50. The van der Waals surface area contributed by atoms with Gasteiger partial charge in [0, 0.05) is 51.7 Å². The number of likely N-dealkylation sites (tertiary alicyclic amines) is 1. The summed E-state index contributed by atoms with van der Waals surface area (Å²) in [5, 5.41) is 0. The highest BCUT2D eigenvalue weighted by molar-refractivity contribution is 5.81. The zero-order valence-corrected chi connectivity index (χ0v) is 15.4. The summed E-state index contributed by atoms with van der Waals surface area (Å²) in [6.45, 7) is 7.75. The molecular weight excluding hydrogens is 314 g/mol. The average Bonchev–Trinajstić information content (AvgIpc) is 3.17. The van der Waals surface area contributed by atoms with Gasteiger partial charge in [-0.15, -0.1) is 0 Å². The minimum atomic E-state index is -0.237. The van der Waals surface area contributed by atoms with Crippen LogP contribution in [0.3, 0.4) is 0 Å². The van der Waals surface area contributed by atoms with Gasteiger partial charge in [0.2, 0.25) is 0 Å². The number of hydrogen-bond acceptors (Lipinski definition) is 4. The first-order valence-electron chi connectivity index (χ1n) is 9.52. The van der Waals surface area contributed by atoms with Gasteiger partial charge in [-0.25, -0.2) is 0 Å². The van der Waals surface area contributed by atoms with Crippen molar-refractivity contribution in [2.75, 3.05) is 39.8 Å². The van der Waals surface area contributed by atoms with Gasteiger partial charge < -0.3 is 14.5 Å². The number of ether oxygens (including phenoxy) is 1. The van der Waals surface area contributed by atoms with Gasteiger partial charge in [-0.2, -0.15) is 0 Å². The monoisotopic (exact) mass is 343 g/mol. The van der Waals surface area contributed by atoms with Crippen LogP contribution in [0.15, 0.2) is 24.3 Å². The zero-order chi connectivity index (χ0) is 17.4. The van der Waals surface area contributed by atoms with Crippen molar-refractivity contribution >= 4 is 5.91 Å². The number of nitrogens with zero attached hydrogens (tertiary/aromatic N) is 3. The molecule has 136 valence electrons. The summed E-state index contributed by atoms with van der Waals surface area (Å²) in [5.41, 5.74) is 2.66. The van der Waals surface area contributed by atoms with Gasteiger partial charge in [0.05, 0.1) is 6.10 Å². The molecule has 3 fully saturated rings. The van der Waals surface area contributed by atoms with Gasteiger partial charge in [0.15, 0.2) is 0 Å². The van der Waals surface area contributed by atoms with E-state index in [1.54, 1.807) is 0 Å². The summed E-state index contributed by atoms with van der Waals surface area (Å²) in [4.78, 5) is 19.6. The van der Waals surface area contributed by atoms with E-state index in [4.69, 9.17) is 4.74 Å².